The first-order valence-electron chi connectivity index (χ1n) is 6.94. The minimum absolute atomic E-state index is 0.108. The van der Waals surface area contributed by atoms with Crippen LogP contribution in [0.15, 0.2) is 12.3 Å². The third-order valence-corrected chi connectivity index (χ3v) is 3.86. The average Bonchev–Trinajstić information content (AvgIpc) is 2.44. The van der Waals surface area contributed by atoms with E-state index in [0.29, 0.717) is 18.8 Å². The van der Waals surface area contributed by atoms with E-state index in [9.17, 15) is 15.2 Å². The van der Waals surface area contributed by atoms with Gasteiger partial charge < -0.3 is 10.4 Å². The Morgan fingerprint density at radius 2 is 2.48 bits per heavy atom. The number of nitrogens with one attached hydrogen (secondary N) is 1. The van der Waals surface area contributed by atoms with Gasteiger partial charge in [-0.15, -0.1) is 0 Å². The zero-order chi connectivity index (χ0) is 15.5. The van der Waals surface area contributed by atoms with Crippen LogP contribution < -0.4 is 5.32 Å². The Balaban J connectivity index is 2.09. The highest BCUT2D eigenvalue weighted by atomic mass is 16.6. The molecule has 0 bridgehead atoms. The van der Waals surface area contributed by atoms with E-state index in [2.05, 4.69) is 17.2 Å². The molecular weight excluding hydrogens is 272 g/mol. The van der Waals surface area contributed by atoms with Crippen molar-refractivity contribution in [3.05, 3.63) is 27.9 Å². The molecule has 21 heavy (non-hydrogen) atoms. The highest BCUT2D eigenvalue weighted by Crippen LogP contribution is 2.32. The maximum Gasteiger partial charge on any atom is 0.289 e. The van der Waals surface area contributed by atoms with Crippen LogP contribution in [0.3, 0.4) is 0 Å². The van der Waals surface area contributed by atoms with E-state index in [1.165, 1.54) is 6.07 Å². The third-order valence-electron chi connectivity index (χ3n) is 3.86. The molecule has 2 atom stereocenters. The molecule has 7 nitrogen and oxygen atoms in total. The van der Waals surface area contributed by atoms with Crippen LogP contribution in [0.4, 0.5) is 11.5 Å². The minimum atomic E-state index is -0.812. The van der Waals surface area contributed by atoms with Gasteiger partial charge in [0.05, 0.1) is 10.5 Å². The van der Waals surface area contributed by atoms with Crippen LogP contribution in [0.2, 0.25) is 0 Å². The first kappa shape index (κ1) is 15.2. The molecular formula is C14H18N4O3. The predicted octanol–water partition coefficient (Wildman–Crippen LogP) is 2.21. The lowest BCUT2D eigenvalue weighted by Gasteiger charge is -2.35. The Hall–Kier alpha value is -2.20. The summed E-state index contributed by atoms with van der Waals surface area (Å²) in [6.45, 7) is 2.39. The van der Waals surface area contributed by atoms with Gasteiger partial charge in [-0.25, -0.2) is 4.98 Å². The maximum atomic E-state index is 10.7. The Kier molecular flexibility index (Phi) is 4.38. The van der Waals surface area contributed by atoms with E-state index >= 15 is 0 Å². The second kappa shape index (κ2) is 6.06. The molecule has 2 rings (SSSR count). The number of pyridine rings is 1. The van der Waals surface area contributed by atoms with Crippen LogP contribution in [0, 0.1) is 27.4 Å². The van der Waals surface area contributed by atoms with Crippen LogP contribution in [0.5, 0.6) is 0 Å². The molecule has 1 aliphatic carbocycles. The molecule has 0 aromatic carbocycles. The Labute approximate surface area is 122 Å². The molecule has 1 heterocycles. The quantitative estimate of drug-likeness (QED) is 0.649. The number of nitrogens with zero attached hydrogens (tertiary/aromatic N) is 3. The molecule has 0 saturated heterocycles. The second-order valence-corrected chi connectivity index (χ2v) is 5.74. The molecule has 0 radical (unpaired) electrons. The molecule has 2 unspecified atom stereocenters. The first-order valence-corrected chi connectivity index (χ1v) is 6.94. The summed E-state index contributed by atoms with van der Waals surface area (Å²) in [4.78, 5) is 14.0. The molecule has 1 fully saturated rings. The van der Waals surface area contributed by atoms with Crippen molar-refractivity contribution >= 4 is 11.5 Å². The van der Waals surface area contributed by atoms with Crippen molar-refractivity contribution < 1.29 is 10.0 Å². The van der Waals surface area contributed by atoms with Gasteiger partial charge in [-0.1, -0.05) is 19.8 Å². The van der Waals surface area contributed by atoms with Crippen molar-refractivity contribution in [3.63, 3.8) is 0 Å². The van der Waals surface area contributed by atoms with Crippen LogP contribution >= 0.6 is 0 Å². The Bertz CT molecular complexity index is 584. The highest BCUT2D eigenvalue weighted by molar-refractivity contribution is 5.55. The van der Waals surface area contributed by atoms with Gasteiger partial charge in [0.25, 0.3) is 5.69 Å². The normalized spacial score (nSPS) is 25.1. The van der Waals surface area contributed by atoms with E-state index in [0.717, 1.165) is 19.0 Å². The lowest BCUT2D eigenvalue weighted by Crippen LogP contribution is -2.41. The molecule has 0 spiro atoms. The third kappa shape index (κ3) is 3.67. The predicted molar refractivity (Wildman–Crippen MR) is 76.7 cm³/mol. The monoisotopic (exact) mass is 290 g/mol. The largest absolute Gasteiger partial charge is 0.388 e. The summed E-state index contributed by atoms with van der Waals surface area (Å²) >= 11 is 0. The lowest BCUT2D eigenvalue weighted by molar-refractivity contribution is -0.385. The van der Waals surface area contributed by atoms with Gasteiger partial charge in [0.1, 0.15) is 23.6 Å². The number of aliphatic hydroxyl groups is 1. The number of hydrogen-bond acceptors (Lipinski definition) is 6. The van der Waals surface area contributed by atoms with Crippen molar-refractivity contribution in [1.82, 2.24) is 4.98 Å². The molecule has 112 valence electrons. The summed E-state index contributed by atoms with van der Waals surface area (Å²) in [5.41, 5.74) is -0.924. The Morgan fingerprint density at radius 1 is 1.71 bits per heavy atom. The fourth-order valence-corrected chi connectivity index (χ4v) is 2.82. The molecule has 1 aromatic rings. The first-order chi connectivity index (χ1) is 9.93. The minimum Gasteiger partial charge on any atom is -0.388 e. The van der Waals surface area contributed by atoms with Crippen molar-refractivity contribution in [3.8, 4) is 6.07 Å². The van der Waals surface area contributed by atoms with Crippen LogP contribution in [0.1, 0.15) is 38.2 Å². The zero-order valence-corrected chi connectivity index (χ0v) is 11.9. The molecule has 1 aliphatic rings. The topological polar surface area (TPSA) is 112 Å². The highest BCUT2D eigenvalue weighted by Gasteiger charge is 2.32. The van der Waals surface area contributed by atoms with E-state index in [1.54, 1.807) is 0 Å². The molecule has 1 aromatic heterocycles. The van der Waals surface area contributed by atoms with Gasteiger partial charge in [0, 0.05) is 12.6 Å². The van der Waals surface area contributed by atoms with Crippen molar-refractivity contribution in [2.75, 3.05) is 11.9 Å². The summed E-state index contributed by atoms with van der Waals surface area (Å²) in [5.74, 6) is 0.737. The van der Waals surface area contributed by atoms with Gasteiger partial charge in [0.15, 0.2) is 0 Å². The average molecular weight is 290 g/mol. The molecule has 2 N–H and O–H groups in total. The van der Waals surface area contributed by atoms with Crippen LogP contribution in [0.25, 0.3) is 0 Å². The summed E-state index contributed by atoms with van der Waals surface area (Å²) in [6.07, 6.45) is 4.60. The zero-order valence-electron chi connectivity index (χ0n) is 11.9. The van der Waals surface area contributed by atoms with Crippen LogP contribution in [-0.4, -0.2) is 27.2 Å². The number of anilines is 1. The number of aromatic nitrogens is 1. The molecule has 1 saturated carbocycles. The van der Waals surface area contributed by atoms with Gasteiger partial charge in [-0.3, -0.25) is 10.1 Å². The van der Waals surface area contributed by atoms with Crippen molar-refractivity contribution in [2.24, 2.45) is 5.92 Å². The summed E-state index contributed by atoms with van der Waals surface area (Å²) in [5, 5.41) is 33.2. The smallest absolute Gasteiger partial charge is 0.289 e. The standard InChI is InChI=1S/C14H18N4O3/c1-10-3-2-4-14(19,6-10)9-17-13-11(7-15)5-12(8-16-13)18(20)21/h5,8,10,19H,2-4,6,9H2,1H3,(H,16,17). The van der Waals surface area contributed by atoms with Crippen molar-refractivity contribution in [1.29, 1.82) is 5.26 Å². The number of rotatable bonds is 4. The summed E-state index contributed by atoms with van der Waals surface area (Å²) in [6, 6.07) is 3.07. The van der Waals surface area contributed by atoms with Gasteiger partial charge in [-0.05, 0) is 18.8 Å². The van der Waals surface area contributed by atoms with E-state index in [-0.39, 0.29) is 23.6 Å². The van der Waals surface area contributed by atoms with E-state index in [4.69, 9.17) is 5.26 Å². The lowest BCUT2D eigenvalue weighted by atomic mass is 9.79. The van der Waals surface area contributed by atoms with Gasteiger partial charge in [0.2, 0.25) is 0 Å². The fourth-order valence-electron chi connectivity index (χ4n) is 2.82. The Morgan fingerprint density at radius 3 is 3.10 bits per heavy atom. The van der Waals surface area contributed by atoms with Crippen molar-refractivity contribution in [2.45, 2.75) is 38.2 Å². The van der Waals surface area contributed by atoms with E-state index < -0.39 is 10.5 Å². The summed E-state index contributed by atoms with van der Waals surface area (Å²) in [7, 11) is 0. The number of nitriles is 1. The SMILES string of the molecule is CC1CCCC(O)(CNc2ncc([N+](=O)[O-])cc2C#N)C1. The molecule has 0 amide bonds. The second-order valence-electron chi connectivity index (χ2n) is 5.74. The van der Waals surface area contributed by atoms with Gasteiger partial charge in [-0.2, -0.15) is 5.26 Å². The molecule has 0 aliphatic heterocycles. The fraction of sp³-hybridized carbons (Fsp3) is 0.571. The maximum absolute atomic E-state index is 10.7. The molecule has 7 heteroatoms. The van der Waals surface area contributed by atoms with Gasteiger partial charge >= 0.3 is 0 Å². The summed E-state index contributed by atoms with van der Waals surface area (Å²) < 4.78 is 0. The van der Waals surface area contributed by atoms with Crippen LogP contribution in [-0.2, 0) is 0 Å². The number of hydrogen-bond donors (Lipinski definition) is 2. The number of nitro groups is 1. The van der Waals surface area contributed by atoms with E-state index in [1.807, 2.05) is 6.07 Å².